The van der Waals surface area contributed by atoms with E-state index in [1.54, 1.807) is 12.1 Å². The number of halogens is 2. The molecule has 0 heterocycles. The fraction of sp³-hybridized carbons (Fsp3) is 0.500. The zero-order valence-electron chi connectivity index (χ0n) is 9.83. The summed E-state index contributed by atoms with van der Waals surface area (Å²) in [4.78, 5) is 0. The van der Waals surface area contributed by atoms with Crippen molar-refractivity contribution >= 4 is 17.0 Å². The molecule has 1 rings (SSSR count). The highest BCUT2D eigenvalue weighted by atomic mass is 79.9. The van der Waals surface area contributed by atoms with Crippen LogP contribution in [0.1, 0.15) is 32.4 Å². The average molecular weight is 292 g/mol. The Morgan fingerprint density at radius 2 is 2.00 bits per heavy atom. The normalized spacial score (nSPS) is 13.1. The molecule has 0 saturated carbocycles. The summed E-state index contributed by atoms with van der Waals surface area (Å²) in [6, 6.07) is 6.05. The van der Waals surface area contributed by atoms with Crippen molar-refractivity contribution in [2.45, 2.75) is 32.4 Å². The molecule has 4 heteroatoms. The van der Waals surface area contributed by atoms with Gasteiger partial charge in [0.15, 0.2) is 0 Å². The van der Waals surface area contributed by atoms with E-state index in [0.29, 0.717) is 12.1 Å². The standard InChI is InChI=1S/C12H18FNO.BrH/c1-12(2,3)14-8-11(15)9-5-4-6-10(13)7-9;/h4-7,11,14-15H,8H2,1-3H3;1H. The summed E-state index contributed by atoms with van der Waals surface area (Å²) < 4.78 is 12.9. The number of rotatable bonds is 3. The molecule has 0 amide bonds. The fourth-order valence-corrected chi connectivity index (χ4v) is 1.23. The van der Waals surface area contributed by atoms with Crippen LogP contribution in [0, 0.1) is 5.82 Å². The molecule has 0 aromatic heterocycles. The Morgan fingerprint density at radius 3 is 2.50 bits per heavy atom. The van der Waals surface area contributed by atoms with Crippen molar-refractivity contribution < 1.29 is 9.50 Å². The SMILES string of the molecule is Br.CC(C)(C)NCC(O)c1cccc(F)c1. The minimum absolute atomic E-state index is 0. The van der Waals surface area contributed by atoms with E-state index in [4.69, 9.17) is 0 Å². The van der Waals surface area contributed by atoms with Crippen LogP contribution >= 0.6 is 17.0 Å². The Hall–Kier alpha value is -0.450. The maximum atomic E-state index is 12.9. The monoisotopic (exact) mass is 291 g/mol. The van der Waals surface area contributed by atoms with Crippen LogP contribution in [0.3, 0.4) is 0 Å². The number of β-amino-alcohol motifs (C(OH)–C–C–N with tert-alkyl or cyclic N) is 1. The molecular weight excluding hydrogens is 273 g/mol. The van der Waals surface area contributed by atoms with E-state index in [1.807, 2.05) is 20.8 Å². The highest BCUT2D eigenvalue weighted by molar-refractivity contribution is 8.93. The molecule has 2 N–H and O–H groups in total. The molecule has 1 atom stereocenters. The summed E-state index contributed by atoms with van der Waals surface area (Å²) in [7, 11) is 0. The lowest BCUT2D eigenvalue weighted by Gasteiger charge is -2.23. The third-order valence-electron chi connectivity index (χ3n) is 2.06. The van der Waals surface area contributed by atoms with Crippen LogP contribution in [-0.4, -0.2) is 17.2 Å². The zero-order chi connectivity index (χ0) is 11.5. The van der Waals surface area contributed by atoms with Gasteiger partial charge in [-0.3, -0.25) is 0 Å². The maximum absolute atomic E-state index is 12.9. The highest BCUT2D eigenvalue weighted by Crippen LogP contribution is 2.14. The molecule has 1 aromatic rings. The van der Waals surface area contributed by atoms with Crippen molar-refractivity contribution in [3.05, 3.63) is 35.6 Å². The van der Waals surface area contributed by atoms with Gasteiger partial charge in [-0.2, -0.15) is 0 Å². The minimum Gasteiger partial charge on any atom is -0.387 e. The van der Waals surface area contributed by atoms with Crippen molar-refractivity contribution in [1.82, 2.24) is 5.32 Å². The summed E-state index contributed by atoms with van der Waals surface area (Å²) in [5.41, 5.74) is 0.556. The average Bonchev–Trinajstić information content (AvgIpc) is 2.13. The van der Waals surface area contributed by atoms with Gasteiger partial charge in [0.25, 0.3) is 0 Å². The third-order valence-corrected chi connectivity index (χ3v) is 2.06. The van der Waals surface area contributed by atoms with Crippen molar-refractivity contribution in [1.29, 1.82) is 0 Å². The Kier molecular flexibility index (Phi) is 6.15. The Morgan fingerprint density at radius 1 is 1.38 bits per heavy atom. The Labute approximate surface area is 107 Å². The molecule has 0 fully saturated rings. The second-order valence-corrected chi connectivity index (χ2v) is 4.70. The summed E-state index contributed by atoms with van der Waals surface area (Å²) in [5, 5.41) is 12.9. The zero-order valence-corrected chi connectivity index (χ0v) is 11.5. The summed E-state index contributed by atoms with van der Waals surface area (Å²) in [6.45, 7) is 6.48. The van der Waals surface area contributed by atoms with Crippen molar-refractivity contribution in [2.24, 2.45) is 0 Å². The van der Waals surface area contributed by atoms with Crippen LogP contribution in [-0.2, 0) is 0 Å². The molecule has 1 aromatic carbocycles. The van der Waals surface area contributed by atoms with Gasteiger partial charge in [-0.05, 0) is 38.5 Å². The van der Waals surface area contributed by atoms with Crippen molar-refractivity contribution in [2.75, 3.05) is 6.54 Å². The van der Waals surface area contributed by atoms with Crippen molar-refractivity contribution in [3.63, 3.8) is 0 Å². The van der Waals surface area contributed by atoms with Gasteiger partial charge < -0.3 is 10.4 Å². The summed E-state index contributed by atoms with van der Waals surface area (Å²) >= 11 is 0. The Balaban J connectivity index is 0.00000225. The molecule has 0 aliphatic carbocycles. The first-order chi connectivity index (χ1) is 6.88. The molecule has 2 nitrogen and oxygen atoms in total. The molecule has 1 unspecified atom stereocenters. The number of aliphatic hydroxyl groups excluding tert-OH is 1. The first-order valence-electron chi connectivity index (χ1n) is 5.07. The van der Waals surface area contributed by atoms with E-state index in [1.165, 1.54) is 12.1 Å². The molecule has 0 saturated heterocycles. The molecule has 0 radical (unpaired) electrons. The first-order valence-corrected chi connectivity index (χ1v) is 5.07. The fourth-order valence-electron chi connectivity index (χ4n) is 1.23. The molecule has 0 bridgehead atoms. The van der Waals surface area contributed by atoms with Crippen LogP contribution in [0.4, 0.5) is 4.39 Å². The number of benzene rings is 1. The highest BCUT2D eigenvalue weighted by Gasteiger charge is 2.13. The third kappa shape index (κ3) is 5.58. The van der Waals surface area contributed by atoms with Gasteiger partial charge in [0.2, 0.25) is 0 Å². The number of nitrogens with one attached hydrogen (secondary N) is 1. The summed E-state index contributed by atoms with van der Waals surface area (Å²) in [5.74, 6) is -0.317. The largest absolute Gasteiger partial charge is 0.387 e. The van der Waals surface area contributed by atoms with Gasteiger partial charge in [0.1, 0.15) is 5.82 Å². The first kappa shape index (κ1) is 15.6. The lowest BCUT2D eigenvalue weighted by molar-refractivity contribution is 0.163. The predicted octanol–water partition coefficient (Wildman–Crippen LogP) is 2.83. The Bertz CT molecular complexity index is 325. The van der Waals surface area contributed by atoms with Gasteiger partial charge in [-0.1, -0.05) is 12.1 Å². The lowest BCUT2D eigenvalue weighted by atomic mass is 10.1. The van der Waals surface area contributed by atoms with E-state index in [2.05, 4.69) is 5.32 Å². The van der Waals surface area contributed by atoms with Crippen LogP contribution in [0.2, 0.25) is 0 Å². The number of aliphatic hydroxyl groups is 1. The van der Waals surface area contributed by atoms with Crippen LogP contribution in [0.5, 0.6) is 0 Å². The molecule has 92 valence electrons. The van der Waals surface area contributed by atoms with Crippen molar-refractivity contribution in [3.8, 4) is 0 Å². The minimum atomic E-state index is -0.667. The van der Waals surface area contributed by atoms with Crippen LogP contribution < -0.4 is 5.32 Å². The van der Waals surface area contributed by atoms with Gasteiger partial charge in [-0.15, -0.1) is 17.0 Å². The molecule has 0 aliphatic rings. The van der Waals surface area contributed by atoms with E-state index >= 15 is 0 Å². The van der Waals surface area contributed by atoms with Crippen LogP contribution in [0.25, 0.3) is 0 Å². The van der Waals surface area contributed by atoms with E-state index in [9.17, 15) is 9.50 Å². The van der Waals surface area contributed by atoms with Gasteiger partial charge in [0.05, 0.1) is 6.10 Å². The van der Waals surface area contributed by atoms with Gasteiger partial charge in [-0.25, -0.2) is 4.39 Å². The smallest absolute Gasteiger partial charge is 0.123 e. The quantitative estimate of drug-likeness (QED) is 0.898. The predicted molar refractivity (Wildman–Crippen MR) is 69.4 cm³/mol. The van der Waals surface area contributed by atoms with E-state index < -0.39 is 6.10 Å². The molecule has 0 aliphatic heterocycles. The topological polar surface area (TPSA) is 32.3 Å². The van der Waals surface area contributed by atoms with E-state index in [0.717, 1.165) is 0 Å². The summed E-state index contributed by atoms with van der Waals surface area (Å²) in [6.07, 6.45) is -0.667. The van der Waals surface area contributed by atoms with Gasteiger partial charge >= 0.3 is 0 Å². The number of hydrogen-bond donors (Lipinski definition) is 2. The lowest BCUT2D eigenvalue weighted by Crippen LogP contribution is -2.38. The maximum Gasteiger partial charge on any atom is 0.123 e. The number of hydrogen-bond acceptors (Lipinski definition) is 2. The second kappa shape index (κ2) is 6.33. The van der Waals surface area contributed by atoms with Crippen LogP contribution in [0.15, 0.2) is 24.3 Å². The second-order valence-electron chi connectivity index (χ2n) is 4.70. The molecular formula is C12H19BrFNO. The molecule has 0 spiro atoms. The molecule has 16 heavy (non-hydrogen) atoms. The van der Waals surface area contributed by atoms with E-state index in [-0.39, 0.29) is 28.3 Å². The van der Waals surface area contributed by atoms with Gasteiger partial charge in [0, 0.05) is 12.1 Å².